The molecule has 1 saturated carbocycles. The average Bonchev–Trinajstić information content (AvgIpc) is 2.79. The van der Waals surface area contributed by atoms with E-state index in [1.165, 1.54) is 5.56 Å². The highest BCUT2D eigenvalue weighted by Crippen LogP contribution is 2.38. The molecule has 2 nitrogen and oxygen atoms in total. The largest absolute Gasteiger partial charge is 0.377 e. The van der Waals surface area contributed by atoms with Gasteiger partial charge in [-0.3, -0.25) is 4.79 Å². The van der Waals surface area contributed by atoms with E-state index in [2.05, 4.69) is 19.1 Å². The fraction of sp³-hybridized carbons (Fsp3) is 0.611. The summed E-state index contributed by atoms with van der Waals surface area (Å²) in [6.45, 7) is 3.67. The van der Waals surface area contributed by atoms with E-state index in [4.69, 9.17) is 4.74 Å². The second-order valence-corrected chi connectivity index (χ2v) is 6.19. The summed E-state index contributed by atoms with van der Waals surface area (Å²) in [4.78, 5) is 11.8. The molecule has 1 aromatic rings. The molecule has 0 unspecified atom stereocenters. The van der Waals surface area contributed by atoms with Gasteiger partial charge in [0.05, 0.1) is 6.61 Å². The Labute approximate surface area is 122 Å². The Bertz CT molecular complexity index is 413. The van der Waals surface area contributed by atoms with Gasteiger partial charge in [0.15, 0.2) is 0 Å². The van der Waals surface area contributed by atoms with Crippen LogP contribution in [0.4, 0.5) is 0 Å². The minimum atomic E-state index is -0.00903. The van der Waals surface area contributed by atoms with Crippen LogP contribution in [0.2, 0.25) is 0 Å². The molecule has 0 aromatic heterocycles. The maximum Gasteiger partial charge on any atom is 0.138 e. The number of rotatable bonds is 8. The first-order valence-electron chi connectivity index (χ1n) is 7.86. The number of Topliss-reactive ketones (excluding diaryl/α,β-unsaturated/α-hetero) is 1. The van der Waals surface area contributed by atoms with Gasteiger partial charge < -0.3 is 4.74 Å². The molecule has 0 aliphatic heterocycles. The zero-order chi connectivity index (χ0) is 14.3. The van der Waals surface area contributed by atoms with Gasteiger partial charge in [0.25, 0.3) is 0 Å². The lowest BCUT2D eigenvalue weighted by molar-refractivity contribution is -0.125. The van der Waals surface area contributed by atoms with Crippen LogP contribution in [0.15, 0.2) is 30.3 Å². The van der Waals surface area contributed by atoms with Gasteiger partial charge in [-0.25, -0.2) is 0 Å². The van der Waals surface area contributed by atoms with Crippen molar-refractivity contribution in [3.05, 3.63) is 35.9 Å². The van der Waals surface area contributed by atoms with E-state index in [1.54, 1.807) is 0 Å². The zero-order valence-electron chi connectivity index (χ0n) is 12.6. The number of unbranched alkanes of at least 4 members (excludes halogenated alkanes) is 2. The third-order valence-corrected chi connectivity index (χ3v) is 4.43. The number of ketones is 1. The summed E-state index contributed by atoms with van der Waals surface area (Å²) in [5, 5.41) is 0. The highest BCUT2D eigenvalue weighted by Gasteiger charge is 2.36. The first kappa shape index (κ1) is 15.2. The van der Waals surface area contributed by atoms with Gasteiger partial charge in [0.1, 0.15) is 5.78 Å². The lowest BCUT2D eigenvalue weighted by Gasteiger charge is -2.21. The van der Waals surface area contributed by atoms with Gasteiger partial charge in [0, 0.05) is 18.4 Å². The predicted octanol–water partition coefficient (Wildman–Crippen LogP) is 4.52. The van der Waals surface area contributed by atoms with Gasteiger partial charge in [-0.15, -0.1) is 0 Å². The molecule has 0 saturated heterocycles. The Balaban J connectivity index is 1.51. The quantitative estimate of drug-likeness (QED) is 0.651. The number of hydrogen-bond donors (Lipinski definition) is 0. The van der Waals surface area contributed by atoms with Gasteiger partial charge in [-0.1, -0.05) is 50.1 Å². The Hall–Kier alpha value is -1.15. The highest BCUT2D eigenvalue weighted by molar-refractivity contribution is 5.86. The zero-order valence-corrected chi connectivity index (χ0v) is 12.6. The second-order valence-electron chi connectivity index (χ2n) is 6.19. The van der Waals surface area contributed by atoms with E-state index >= 15 is 0 Å². The number of carbonyl (C=O) groups excluding carboxylic acids is 1. The van der Waals surface area contributed by atoms with Crippen molar-refractivity contribution in [2.24, 2.45) is 5.41 Å². The van der Waals surface area contributed by atoms with Crippen LogP contribution in [0, 0.1) is 5.41 Å². The van der Waals surface area contributed by atoms with Crippen molar-refractivity contribution in [2.75, 3.05) is 6.61 Å². The summed E-state index contributed by atoms with van der Waals surface area (Å²) in [6, 6.07) is 10.3. The Morgan fingerprint density at radius 3 is 2.65 bits per heavy atom. The summed E-state index contributed by atoms with van der Waals surface area (Å²) in [6.07, 6.45) is 7.46. The molecule has 1 atom stereocenters. The second kappa shape index (κ2) is 7.58. The van der Waals surface area contributed by atoms with E-state index in [0.717, 1.165) is 51.6 Å². The standard InChI is InChI=1S/C18H26O2/c1-18(13-8-11-17(18)19)12-6-3-7-14-20-15-16-9-4-2-5-10-16/h2,4-5,9-10H,3,6-8,11-15H2,1H3/t18-/m1/s1. The van der Waals surface area contributed by atoms with Crippen LogP contribution in [0.1, 0.15) is 57.4 Å². The third-order valence-electron chi connectivity index (χ3n) is 4.43. The van der Waals surface area contributed by atoms with Crippen LogP contribution in [0.25, 0.3) is 0 Å². The number of hydrogen-bond acceptors (Lipinski definition) is 2. The number of carbonyl (C=O) groups is 1. The number of ether oxygens (including phenoxy) is 1. The maximum atomic E-state index is 11.8. The Morgan fingerprint density at radius 1 is 1.15 bits per heavy atom. The first-order valence-corrected chi connectivity index (χ1v) is 7.86. The lowest BCUT2D eigenvalue weighted by atomic mass is 9.82. The highest BCUT2D eigenvalue weighted by atomic mass is 16.5. The molecule has 1 fully saturated rings. The average molecular weight is 274 g/mol. The van der Waals surface area contributed by atoms with Crippen LogP contribution in [0.3, 0.4) is 0 Å². The molecular formula is C18H26O2. The summed E-state index contributed by atoms with van der Waals surface area (Å²) >= 11 is 0. The van der Waals surface area contributed by atoms with E-state index < -0.39 is 0 Å². The van der Waals surface area contributed by atoms with Crippen molar-refractivity contribution in [2.45, 2.75) is 58.5 Å². The van der Waals surface area contributed by atoms with Crippen LogP contribution in [-0.2, 0) is 16.1 Å². The molecular weight excluding hydrogens is 248 g/mol. The molecule has 1 aliphatic rings. The molecule has 20 heavy (non-hydrogen) atoms. The molecule has 0 radical (unpaired) electrons. The molecule has 110 valence electrons. The Kier molecular flexibility index (Phi) is 5.78. The summed E-state index contributed by atoms with van der Waals surface area (Å²) < 4.78 is 5.67. The fourth-order valence-corrected chi connectivity index (χ4v) is 3.01. The van der Waals surface area contributed by atoms with E-state index in [1.807, 2.05) is 18.2 Å². The summed E-state index contributed by atoms with van der Waals surface area (Å²) in [5.74, 6) is 0.484. The SMILES string of the molecule is C[C@@]1(CCCCCOCc2ccccc2)CCCC1=O. The van der Waals surface area contributed by atoms with Gasteiger partial charge in [-0.2, -0.15) is 0 Å². The Morgan fingerprint density at radius 2 is 1.95 bits per heavy atom. The van der Waals surface area contributed by atoms with Crippen LogP contribution in [0.5, 0.6) is 0 Å². The van der Waals surface area contributed by atoms with E-state index in [0.29, 0.717) is 12.4 Å². The summed E-state index contributed by atoms with van der Waals surface area (Å²) in [7, 11) is 0. The lowest BCUT2D eigenvalue weighted by Crippen LogP contribution is -2.21. The molecule has 0 spiro atoms. The molecule has 1 aliphatic carbocycles. The molecule has 2 rings (SSSR count). The van der Waals surface area contributed by atoms with Gasteiger partial charge in [-0.05, 0) is 31.2 Å². The maximum absolute atomic E-state index is 11.8. The molecule has 1 aromatic carbocycles. The van der Waals surface area contributed by atoms with E-state index in [9.17, 15) is 4.79 Å². The molecule has 2 heteroatoms. The van der Waals surface area contributed by atoms with Gasteiger partial charge >= 0.3 is 0 Å². The van der Waals surface area contributed by atoms with Crippen LogP contribution >= 0.6 is 0 Å². The predicted molar refractivity (Wildman–Crippen MR) is 81.5 cm³/mol. The van der Waals surface area contributed by atoms with Crippen molar-refractivity contribution >= 4 is 5.78 Å². The van der Waals surface area contributed by atoms with Crippen LogP contribution < -0.4 is 0 Å². The minimum absolute atomic E-state index is 0.00903. The van der Waals surface area contributed by atoms with Crippen molar-refractivity contribution in [3.8, 4) is 0 Å². The minimum Gasteiger partial charge on any atom is -0.377 e. The first-order chi connectivity index (χ1) is 9.71. The molecule has 0 heterocycles. The van der Waals surface area contributed by atoms with E-state index in [-0.39, 0.29) is 5.41 Å². The van der Waals surface area contributed by atoms with Crippen molar-refractivity contribution < 1.29 is 9.53 Å². The van der Waals surface area contributed by atoms with Gasteiger partial charge in [0.2, 0.25) is 0 Å². The molecule has 0 N–H and O–H groups in total. The normalized spacial score (nSPS) is 22.4. The molecule has 0 amide bonds. The van der Waals surface area contributed by atoms with Crippen LogP contribution in [-0.4, -0.2) is 12.4 Å². The van der Waals surface area contributed by atoms with Crippen molar-refractivity contribution in [3.63, 3.8) is 0 Å². The third kappa shape index (κ3) is 4.45. The summed E-state index contributed by atoms with van der Waals surface area (Å²) in [5.41, 5.74) is 1.22. The monoisotopic (exact) mass is 274 g/mol. The van der Waals surface area contributed by atoms with Crippen molar-refractivity contribution in [1.82, 2.24) is 0 Å². The number of benzene rings is 1. The smallest absolute Gasteiger partial charge is 0.138 e. The topological polar surface area (TPSA) is 26.3 Å². The van der Waals surface area contributed by atoms with Crippen molar-refractivity contribution in [1.29, 1.82) is 0 Å². The molecule has 0 bridgehead atoms. The fourth-order valence-electron chi connectivity index (χ4n) is 3.01.